The van der Waals surface area contributed by atoms with Crippen molar-refractivity contribution in [2.24, 2.45) is 7.05 Å². The zero-order valence-electron chi connectivity index (χ0n) is 14.0. The van der Waals surface area contributed by atoms with Crippen LogP contribution in [0.5, 0.6) is 0 Å². The highest BCUT2D eigenvalue weighted by Crippen LogP contribution is 2.32. The Balaban J connectivity index is 1.42. The van der Waals surface area contributed by atoms with Crippen LogP contribution in [0.1, 0.15) is 24.1 Å². The Kier molecular flexibility index (Phi) is 4.60. The molecule has 3 atom stereocenters. The molecule has 2 aromatic rings. The molecule has 2 fully saturated rings. The van der Waals surface area contributed by atoms with E-state index >= 15 is 0 Å². The van der Waals surface area contributed by atoms with Crippen molar-refractivity contribution in [2.45, 2.75) is 44.2 Å². The van der Waals surface area contributed by atoms with Gasteiger partial charge in [-0.3, -0.25) is 14.6 Å². The molecule has 4 heterocycles. The van der Waals surface area contributed by atoms with Gasteiger partial charge in [0, 0.05) is 50.7 Å². The van der Waals surface area contributed by atoms with Gasteiger partial charge in [0.2, 0.25) is 0 Å². The molecule has 24 heavy (non-hydrogen) atoms. The van der Waals surface area contributed by atoms with Crippen LogP contribution in [0.15, 0.2) is 36.8 Å². The zero-order valence-corrected chi connectivity index (χ0v) is 14.0. The summed E-state index contributed by atoms with van der Waals surface area (Å²) in [5.74, 6) is 0. The van der Waals surface area contributed by atoms with Crippen molar-refractivity contribution in [1.29, 1.82) is 0 Å². The van der Waals surface area contributed by atoms with E-state index in [4.69, 9.17) is 9.47 Å². The Bertz CT molecular complexity index is 660. The molecular formula is C18H24N4O2. The third kappa shape index (κ3) is 3.36. The molecule has 0 unspecified atom stereocenters. The monoisotopic (exact) mass is 328 g/mol. The predicted octanol–water partition coefficient (Wildman–Crippen LogP) is 1.76. The van der Waals surface area contributed by atoms with E-state index in [1.54, 1.807) is 0 Å². The number of hydrogen-bond donors (Lipinski definition) is 0. The zero-order chi connectivity index (χ0) is 16.4. The largest absolute Gasteiger partial charge is 0.374 e. The van der Waals surface area contributed by atoms with E-state index < -0.39 is 0 Å². The number of fused-ring (bicyclic) bond motifs is 1. The van der Waals surface area contributed by atoms with Crippen LogP contribution in [0.4, 0.5) is 0 Å². The first-order valence-electron chi connectivity index (χ1n) is 8.64. The minimum atomic E-state index is 0.106. The molecule has 0 spiro atoms. The Morgan fingerprint density at radius 1 is 1.38 bits per heavy atom. The molecule has 0 bridgehead atoms. The third-order valence-corrected chi connectivity index (χ3v) is 4.90. The molecule has 6 nitrogen and oxygen atoms in total. The van der Waals surface area contributed by atoms with Gasteiger partial charge < -0.3 is 9.47 Å². The first kappa shape index (κ1) is 15.7. The molecule has 2 aliphatic heterocycles. The molecule has 0 radical (unpaired) electrons. The van der Waals surface area contributed by atoms with Crippen LogP contribution < -0.4 is 0 Å². The average molecular weight is 328 g/mol. The maximum Gasteiger partial charge on any atom is 0.100 e. The second kappa shape index (κ2) is 7.01. The summed E-state index contributed by atoms with van der Waals surface area (Å²) in [5, 5.41) is 4.28. The number of aryl methyl sites for hydroxylation is 1. The topological polar surface area (TPSA) is 52.4 Å². The molecule has 6 heteroatoms. The third-order valence-electron chi connectivity index (χ3n) is 4.90. The summed E-state index contributed by atoms with van der Waals surface area (Å²) >= 11 is 0. The Hall–Kier alpha value is -1.76. The lowest BCUT2D eigenvalue weighted by Gasteiger charge is -2.32. The van der Waals surface area contributed by atoms with Gasteiger partial charge in [-0.2, -0.15) is 5.10 Å². The highest BCUT2D eigenvalue weighted by molar-refractivity contribution is 5.07. The molecule has 0 aliphatic carbocycles. The normalized spacial score (nSPS) is 27.3. The minimum Gasteiger partial charge on any atom is -0.374 e. The van der Waals surface area contributed by atoms with Gasteiger partial charge in [0.1, 0.15) is 6.10 Å². The van der Waals surface area contributed by atoms with Gasteiger partial charge in [-0.05, 0) is 25.0 Å². The summed E-state index contributed by atoms with van der Waals surface area (Å²) in [7, 11) is 1.96. The minimum absolute atomic E-state index is 0.106. The van der Waals surface area contributed by atoms with E-state index in [9.17, 15) is 0 Å². The van der Waals surface area contributed by atoms with Crippen LogP contribution in [-0.2, 0) is 29.7 Å². The number of rotatable bonds is 5. The number of ether oxygens (including phenoxy) is 2. The van der Waals surface area contributed by atoms with Crippen molar-refractivity contribution in [3.05, 3.63) is 48.0 Å². The second-order valence-corrected chi connectivity index (χ2v) is 6.67. The summed E-state index contributed by atoms with van der Waals surface area (Å²) in [5.41, 5.74) is 2.21. The van der Waals surface area contributed by atoms with E-state index in [1.807, 2.05) is 42.3 Å². The average Bonchev–Trinajstić information content (AvgIpc) is 3.18. The summed E-state index contributed by atoms with van der Waals surface area (Å²) in [4.78, 5) is 6.83. The summed E-state index contributed by atoms with van der Waals surface area (Å²) in [6, 6.07) is 6.36. The van der Waals surface area contributed by atoms with E-state index in [1.165, 1.54) is 12.0 Å². The van der Waals surface area contributed by atoms with Gasteiger partial charge in [-0.25, -0.2) is 0 Å². The lowest BCUT2D eigenvalue weighted by atomic mass is 10.0. The maximum absolute atomic E-state index is 6.18. The predicted molar refractivity (Wildman–Crippen MR) is 89.2 cm³/mol. The van der Waals surface area contributed by atoms with Gasteiger partial charge in [-0.1, -0.05) is 6.07 Å². The van der Waals surface area contributed by atoms with Crippen molar-refractivity contribution in [3.63, 3.8) is 0 Å². The molecule has 0 saturated carbocycles. The number of hydrogen-bond acceptors (Lipinski definition) is 5. The number of aromatic nitrogens is 3. The molecule has 2 aromatic heterocycles. The Morgan fingerprint density at radius 2 is 2.33 bits per heavy atom. The highest BCUT2D eigenvalue weighted by Gasteiger charge is 2.44. The van der Waals surface area contributed by atoms with Crippen molar-refractivity contribution >= 4 is 0 Å². The van der Waals surface area contributed by atoms with Crippen molar-refractivity contribution in [1.82, 2.24) is 19.7 Å². The molecule has 0 amide bonds. The van der Waals surface area contributed by atoms with Gasteiger partial charge in [0.25, 0.3) is 0 Å². The quantitative estimate of drug-likeness (QED) is 0.837. The summed E-state index contributed by atoms with van der Waals surface area (Å²) in [6.45, 7) is 3.18. The van der Waals surface area contributed by atoms with Gasteiger partial charge >= 0.3 is 0 Å². The number of likely N-dealkylation sites (tertiary alicyclic amines) is 1. The fourth-order valence-electron chi connectivity index (χ4n) is 3.80. The van der Waals surface area contributed by atoms with E-state index in [-0.39, 0.29) is 12.2 Å². The number of nitrogens with zero attached hydrogens (tertiary/aromatic N) is 4. The molecule has 2 saturated heterocycles. The Labute approximate surface area is 142 Å². The van der Waals surface area contributed by atoms with E-state index in [0.29, 0.717) is 12.6 Å². The SMILES string of the molecule is Cn1cc(CN2C[C@@H](OCc3ccccn3)[C@@H]3OCCC[C@@H]32)cn1. The molecule has 128 valence electrons. The smallest absolute Gasteiger partial charge is 0.100 e. The van der Waals surface area contributed by atoms with Crippen LogP contribution in [0.3, 0.4) is 0 Å². The van der Waals surface area contributed by atoms with Crippen LogP contribution in [0.2, 0.25) is 0 Å². The van der Waals surface area contributed by atoms with E-state index in [2.05, 4.69) is 21.2 Å². The molecular weight excluding hydrogens is 304 g/mol. The fourth-order valence-corrected chi connectivity index (χ4v) is 3.80. The lowest BCUT2D eigenvalue weighted by Crippen LogP contribution is -2.41. The standard InChI is InChI=1S/C18H24N4O2/c1-21-10-14(9-20-21)11-22-12-17(18-16(22)6-4-8-23-18)24-13-15-5-2-3-7-19-15/h2-3,5,7,9-10,16-18H,4,6,8,11-13H2,1H3/t16-,17+,18+/m0/s1. The molecule has 4 rings (SSSR count). The summed E-state index contributed by atoms with van der Waals surface area (Å²) in [6.07, 6.45) is 8.41. The lowest BCUT2D eigenvalue weighted by molar-refractivity contribution is -0.0824. The van der Waals surface area contributed by atoms with Gasteiger partial charge in [-0.15, -0.1) is 0 Å². The van der Waals surface area contributed by atoms with Crippen LogP contribution >= 0.6 is 0 Å². The van der Waals surface area contributed by atoms with Gasteiger partial charge in [0.05, 0.1) is 24.6 Å². The first-order valence-corrected chi connectivity index (χ1v) is 8.64. The maximum atomic E-state index is 6.18. The number of pyridine rings is 1. The molecule has 2 aliphatic rings. The van der Waals surface area contributed by atoms with Crippen molar-refractivity contribution in [3.8, 4) is 0 Å². The van der Waals surface area contributed by atoms with Crippen molar-refractivity contribution < 1.29 is 9.47 Å². The summed E-state index contributed by atoms with van der Waals surface area (Å²) < 4.78 is 14.1. The van der Waals surface area contributed by atoms with Gasteiger partial charge in [0.15, 0.2) is 0 Å². The highest BCUT2D eigenvalue weighted by atomic mass is 16.5. The van der Waals surface area contributed by atoms with E-state index in [0.717, 1.165) is 31.8 Å². The fraction of sp³-hybridized carbons (Fsp3) is 0.556. The molecule has 0 aromatic carbocycles. The van der Waals surface area contributed by atoms with Crippen LogP contribution in [-0.4, -0.2) is 51.1 Å². The van der Waals surface area contributed by atoms with Crippen LogP contribution in [0, 0.1) is 0 Å². The van der Waals surface area contributed by atoms with Crippen LogP contribution in [0.25, 0.3) is 0 Å². The van der Waals surface area contributed by atoms with Crippen molar-refractivity contribution in [2.75, 3.05) is 13.2 Å². The second-order valence-electron chi connectivity index (χ2n) is 6.67. The molecule has 0 N–H and O–H groups in total. The Morgan fingerprint density at radius 3 is 3.12 bits per heavy atom. The first-order chi connectivity index (χ1) is 11.8.